The Labute approximate surface area is 85.2 Å². The molecular weight excluding hydrogens is 178 g/mol. The third-order valence-corrected chi connectivity index (χ3v) is 3.13. The molecule has 2 heterocycles. The van der Waals surface area contributed by atoms with E-state index in [2.05, 4.69) is 17.1 Å². The Hall–Kier alpha value is -0.610. The molecule has 0 bridgehead atoms. The van der Waals surface area contributed by atoms with Crippen LogP contribution in [0.5, 0.6) is 0 Å². The summed E-state index contributed by atoms with van der Waals surface area (Å²) in [5.41, 5.74) is 0. The third kappa shape index (κ3) is 2.07. The summed E-state index contributed by atoms with van der Waals surface area (Å²) in [7, 11) is 0. The summed E-state index contributed by atoms with van der Waals surface area (Å²) in [5, 5.41) is 3.09. The Morgan fingerprint density at radius 3 is 2.71 bits per heavy atom. The number of nitrogens with one attached hydrogen (secondary N) is 1. The predicted molar refractivity (Wildman–Crippen MR) is 54.9 cm³/mol. The van der Waals surface area contributed by atoms with Crippen molar-refractivity contribution in [3.63, 3.8) is 0 Å². The highest BCUT2D eigenvalue weighted by molar-refractivity contribution is 5.80. The third-order valence-electron chi connectivity index (χ3n) is 3.13. The van der Waals surface area contributed by atoms with Crippen LogP contribution < -0.4 is 5.32 Å². The van der Waals surface area contributed by atoms with Crippen LogP contribution in [0.4, 0.5) is 0 Å². The molecule has 2 aliphatic heterocycles. The number of likely N-dealkylation sites (tertiary alicyclic amines) is 1. The maximum absolute atomic E-state index is 11.4. The summed E-state index contributed by atoms with van der Waals surface area (Å²) in [6.07, 6.45) is 2.64. The molecule has 0 aromatic heterocycles. The van der Waals surface area contributed by atoms with Crippen molar-refractivity contribution < 1.29 is 4.79 Å². The lowest BCUT2D eigenvalue weighted by atomic mass is 10.3. The van der Waals surface area contributed by atoms with Crippen molar-refractivity contribution in [1.29, 1.82) is 0 Å². The van der Waals surface area contributed by atoms with Gasteiger partial charge in [0.15, 0.2) is 0 Å². The van der Waals surface area contributed by atoms with Gasteiger partial charge in [0, 0.05) is 12.6 Å². The molecule has 1 N–H and O–H groups in total. The molecule has 1 unspecified atom stereocenters. The van der Waals surface area contributed by atoms with Crippen molar-refractivity contribution in [2.45, 2.75) is 25.8 Å². The molecular formula is C10H19N3O. The number of nitrogens with zero attached hydrogens (tertiary/aromatic N) is 2. The van der Waals surface area contributed by atoms with Gasteiger partial charge in [0.05, 0.1) is 13.2 Å². The Morgan fingerprint density at radius 1 is 1.43 bits per heavy atom. The summed E-state index contributed by atoms with van der Waals surface area (Å²) in [4.78, 5) is 15.8. The molecule has 0 aromatic carbocycles. The lowest BCUT2D eigenvalue weighted by Crippen LogP contribution is -2.42. The quantitative estimate of drug-likeness (QED) is 0.684. The molecule has 4 heteroatoms. The minimum Gasteiger partial charge on any atom is -0.325 e. The molecule has 4 nitrogen and oxygen atoms in total. The fourth-order valence-electron chi connectivity index (χ4n) is 2.31. The van der Waals surface area contributed by atoms with Crippen LogP contribution in [0.1, 0.15) is 19.8 Å². The van der Waals surface area contributed by atoms with Gasteiger partial charge in [0.2, 0.25) is 5.91 Å². The number of carbonyl (C=O) groups excluding carboxylic acids is 1. The highest BCUT2D eigenvalue weighted by atomic mass is 16.2. The van der Waals surface area contributed by atoms with Crippen LogP contribution in [0.3, 0.4) is 0 Å². The van der Waals surface area contributed by atoms with Gasteiger partial charge in [0.25, 0.3) is 0 Å². The van der Waals surface area contributed by atoms with Gasteiger partial charge in [-0.3, -0.25) is 10.1 Å². The first-order chi connectivity index (χ1) is 6.77. The summed E-state index contributed by atoms with van der Waals surface area (Å²) >= 11 is 0. The van der Waals surface area contributed by atoms with Crippen molar-refractivity contribution >= 4 is 5.91 Å². The van der Waals surface area contributed by atoms with Crippen LogP contribution in [-0.2, 0) is 4.79 Å². The number of hydrogen-bond acceptors (Lipinski definition) is 3. The standard InChI is InChI=1S/C10H19N3O/c1-9(7-12-4-2-3-5-12)13-8-11-6-10(13)14/h9,11H,2-8H2,1H3. The van der Waals surface area contributed by atoms with Crippen LogP contribution in [0, 0.1) is 0 Å². The number of amides is 1. The lowest BCUT2D eigenvalue weighted by molar-refractivity contribution is -0.128. The van der Waals surface area contributed by atoms with E-state index in [1.807, 2.05) is 4.90 Å². The molecule has 0 saturated carbocycles. The van der Waals surface area contributed by atoms with Gasteiger partial charge in [0.1, 0.15) is 0 Å². The van der Waals surface area contributed by atoms with Gasteiger partial charge in [-0.15, -0.1) is 0 Å². The van der Waals surface area contributed by atoms with Gasteiger partial charge < -0.3 is 9.80 Å². The minimum absolute atomic E-state index is 0.247. The first-order valence-corrected chi connectivity index (χ1v) is 5.50. The van der Waals surface area contributed by atoms with E-state index in [-0.39, 0.29) is 5.91 Å². The van der Waals surface area contributed by atoms with E-state index in [1.165, 1.54) is 25.9 Å². The van der Waals surface area contributed by atoms with Gasteiger partial charge in [-0.25, -0.2) is 0 Å². The van der Waals surface area contributed by atoms with E-state index in [0.29, 0.717) is 12.6 Å². The fourth-order valence-corrected chi connectivity index (χ4v) is 2.31. The average Bonchev–Trinajstić information content (AvgIpc) is 2.75. The Balaban J connectivity index is 1.81. The van der Waals surface area contributed by atoms with Gasteiger partial charge >= 0.3 is 0 Å². The minimum atomic E-state index is 0.247. The molecule has 2 aliphatic rings. The SMILES string of the molecule is CC(CN1CCCC1)N1CNCC1=O. The van der Waals surface area contributed by atoms with Crippen molar-refractivity contribution in [3.05, 3.63) is 0 Å². The van der Waals surface area contributed by atoms with E-state index < -0.39 is 0 Å². The van der Waals surface area contributed by atoms with Gasteiger partial charge in [-0.2, -0.15) is 0 Å². The Morgan fingerprint density at radius 2 is 2.14 bits per heavy atom. The first-order valence-electron chi connectivity index (χ1n) is 5.50. The van der Waals surface area contributed by atoms with Crippen LogP contribution >= 0.6 is 0 Å². The second-order valence-corrected chi connectivity index (χ2v) is 4.31. The van der Waals surface area contributed by atoms with Crippen LogP contribution in [0.25, 0.3) is 0 Å². The lowest BCUT2D eigenvalue weighted by Gasteiger charge is -2.27. The first kappa shape index (κ1) is 9.93. The molecule has 1 amide bonds. The van der Waals surface area contributed by atoms with Crippen molar-refractivity contribution in [2.75, 3.05) is 32.8 Å². The second-order valence-electron chi connectivity index (χ2n) is 4.31. The molecule has 0 radical (unpaired) electrons. The summed E-state index contributed by atoms with van der Waals surface area (Å²) in [6, 6.07) is 0.357. The molecule has 1 atom stereocenters. The van der Waals surface area contributed by atoms with E-state index in [4.69, 9.17) is 0 Å². The maximum atomic E-state index is 11.4. The number of rotatable bonds is 3. The topological polar surface area (TPSA) is 35.6 Å². The molecule has 14 heavy (non-hydrogen) atoms. The predicted octanol–water partition coefficient (Wildman–Crippen LogP) is -0.140. The second kappa shape index (κ2) is 4.28. The van der Waals surface area contributed by atoms with Crippen molar-refractivity contribution in [3.8, 4) is 0 Å². The Bertz CT molecular complexity index is 213. The van der Waals surface area contributed by atoms with Gasteiger partial charge in [-0.1, -0.05) is 0 Å². The fraction of sp³-hybridized carbons (Fsp3) is 0.900. The maximum Gasteiger partial charge on any atom is 0.237 e. The zero-order valence-electron chi connectivity index (χ0n) is 8.83. The molecule has 0 aliphatic carbocycles. The number of carbonyl (C=O) groups is 1. The molecule has 2 fully saturated rings. The van der Waals surface area contributed by atoms with E-state index in [1.54, 1.807) is 0 Å². The molecule has 80 valence electrons. The highest BCUT2D eigenvalue weighted by Crippen LogP contribution is 2.11. The Kier molecular flexibility index (Phi) is 3.03. The normalized spacial score (nSPS) is 26.1. The van der Waals surface area contributed by atoms with Crippen molar-refractivity contribution in [2.24, 2.45) is 0 Å². The smallest absolute Gasteiger partial charge is 0.237 e. The molecule has 2 rings (SSSR count). The number of hydrogen-bond donors (Lipinski definition) is 1. The summed E-state index contributed by atoms with van der Waals surface area (Å²) < 4.78 is 0. The molecule has 0 spiro atoms. The zero-order valence-corrected chi connectivity index (χ0v) is 8.83. The van der Waals surface area contributed by atoms with Crippen LogP contribution in [0.15, 0.2) is 0 Å². The summed E-state index contributed by atoms with van der Waals surface area (Å²) in [6.45, 7) is 6.84. The summed E-state index contributed by atoms with van der Waals surface area (Å²) in [5.74, 6) is 0.247. The zero-order chi connectivity index (χ0) is 9.97. The van der Waals surface area contributed by atoms with E-state index >= 15 is 0 Å². The van der Waals surface area contributed by atoms with E-state index in [9.17, 15) is 4.79 Å². The van der Waals surface area contributed by atoms with Gasteiger partial charge in [-0.05, 0) is 32.9 Å². The highest BCUT2D eigenvalue weighted by Gasteiger charge is 2.26. The molecule has 0 aromatic rings. The molecule has 2 saturated heterocycles. The monoisotopic (exact) mass is 197 g/mol. The van der Waals surface area contributed by atoms with E-state index in [0.717, 1.165) is 13.2 Å². The van der Waals surface area contributed by atoms with Crippen LogP contribution in [-0.4, -0.2) is 54.6 Å². The van der Waals surface area contributed by atoms with Crippen molar-refractivity contribution in [1.82, 2.24) is 15.1 Å². The average molecular weight is 197 g/mol. The largest absolute Gasteiger partial charge is 0.325 e. The van der Waals surface area contributed by atoms with Crippen LogP contribution in [0.2, 0.25) is 0 Å².